The number of hydrogen-bond donors (Lipinski definition) is 1. The van der Waals surface area contributed by atoms with Gasteiger partial charge in [0.15, 0.2) is 0 Å². The summed E-state index contributed by atoms with van der Waals surface area (Å²) in [6.07, 6.45) is 12.8. The van der Waals surface area contributed by atoms with Crippen molar-refractivity contribution in [2.75, 3.05) is 0 Å². The first-order valence-electron chi connectivity index (χ1n) is 7.19. The summed E-state index contributed by atoms with van der Waals surface area (Å²) in [7, 11) is 0. The van der Waals surface area contributed by atoms with Crippen LogP contribution in [0.4, 0.5) is 0 Å². The molecular formula is C14H23N3Pt. The molecule has 0 bridgehead atoms. The van der Waals surface area contributed by atoms with Crippen LogP contribution in [0.25, 0.3) is 0 Å². The van der Waals surface area contributed by atoms with E-state index in [-0.39, 0.29) is 0 Å². The van der Waals surface area contributed by atoms with Gasteiger partial charge in [-0.25, -0.2) is 0 Å². The average Bonchev–Trinajstić information content (AvgIpc) is 3.19. The molecule has 104 valence electrons. The molecule has 0 radical (unpaired) electrons. The van der Waals surface area contributed by atoms with Crippen molar-refractivity contribution in [2.24, 2.45) is 17.6 Å². The van der Waals surface area contributed by atoms with Crippen LogP contribution in [0.15, 0.2) is 12.4 Å². The maximum atomic E-state index is 5.22. The fraction of sp³-hybridized carbons (Fsp3) is 0.786. The van der Waals surface area contributed by atoms with Gasteiger partial charge in [0.05, 0.1) is 0 Å². The van der Waals surface area contributed by atoms with Crippen LogP contribution in [-0.4, -0.2) is 15.2 Å². The molecule has 0 aliphatic heterocycles. The van der Waals surface area contributed by atoms with E-state index < -0.39 is 0 Å². The minimum absolute atomic E-state index is 0.583. The zero-order valence-electron chi connectivity index (χ0n) is 10.8. The van der Waals surface area contributed by atoms with E-state index >= 15 is 0 Å². The molecule has 3 aliphatic carbocycles. The predicted octanol–water partition coefficient (Wildman–Crippen LogP) is 2.30. The van der Waals surface area contributed by atoms with Gasteiger partial charge in [0, 0.05) is 6.04 Å². The molecule has 0 aromatic carbocycles. The second-order valence-electron chi connectivity index (χ2n) is 6.07. The number of rotatable bonds is 4. The molecule has 3 aliphatic rings. The normalized spacial score (nSPS) is 22.6. The van der Waals surface area contributed by atoms with Crippen molar-refractivity contribution >= 4 is 0 Å². The molecule has 2 N–H and O–H groups in total. The van der Waals surface area contributed by atoms with Gasteiger partial charge in [0.2, 0.25) is 0 Å². The van der Waals surface area contributed by atoms with E-state index in [0.717, 1.165) is 11.8 Å². The second kappa shape index (κ2) is 5.46. The molecule has 3 nitrogen and oxygen atoms in total. The van der Waals surface area contributed by atoms with Gasteiger partial charge in [-0.3, -0.25) is 0 Å². The molecule has 0 unspecified atom stereocenters. The van der Waals surface area contributed by atoms with Crippen LogP contribution >= 0.6 is 0 Å². The summed E-state index contributed by atoms with van der Waals surface area (Å²) in [5.41, 5.74) is 5.22. The second-order valence-corrected chi connectivity index (χ2v) is 7.08. The third-order valence-corrected chi connectivity index (χ3v) is 5.10. The Balaban J connectivity index is 0.000000214. The number of nitrogens with two attached hydrogens (primary N) is 1. The number of aromatic nitrogens is 2. The zero-order valence-corrected chi connectivity index (χ0v) is 13.1. The predicted molar refractivity (Wildman–Crippen MR) is 68.3 cm³/mol. The van der Waals surface area contributed by atoms with E-state index in [0.29, 0.717) is 6.04 Å². The molecule has 3 saturated carbocycles. The van der Waals surface area contributed by atoms with Gasteiger partial charge in [0.1, 0.15) is 0 Å². The third-order valence-electron chi connectivity index (χ3n) is 3.79. The summed E-state index contributed by atoms with van der Waals surface area (Å²) in [6.45, 7) is 2.49. The maximum absolute atomic E-state index is 5.22. The summed E-state index contributed by atoms with van der Waals surface area (Å²) >= 11 is 2.47. The van der Waals surface area contributed by atoms with Gasteiger partial charge >= 0.3 is 95.3 Å². The molecule has 0 spiro atoms. The first-order chi connectivity index (χ1) is 8.72. The van der Waals surface area contributed by atoms with Gasteiger partial charge in [-0.15, -0.1) is 0 Å². The van der Waals surface area contributed by atoms with Crippen LogP contribution in [-0.2, 0) is 32.4 Å². The minimum atomic E-state index is 0.583. The first kappa shape index (κ1) is 12.9. The van der Waals surface area contributed by atoms with E-state index in [1.165, 1.54) is 55.4 Å². The fourth-order valence-electron chi connectivity index (χ4n) is 1.95. The molecule has 0 amide bonds. The van der Waals surface area contributed by atoms with Crippen LogP contribution in [0.5, 0.6) is 0 Å². The van der Waals surface area contributed by atoms with Crippen molar-refractivity contribution in [1.82, 2.24) is 9.13 Å². The van der Waals surface area contributed by atoms with Crippen LogP contribution < -0.4 is 5.73 Å². The van der Waals surface area contributed by atoms with Crippen LogP contribution in [0.2, 0.25) is 0 Å². The summed E-state index contributed by atoms with van der Waals surface area (Å²) in [4.78, 5) is 0. The quantitative estimate of drug-likeness (QED) is 0.785. The van der Waals surface area contributed by atoms with Crippen molar-refractivity contribution in [2.45, 2.75) is 57.7 Å². The van der Waals surface area contributed by atoms with E-state index in [2.05, 4.69) is 40.9 Å². The SMILES string of the molecule is NC1CC1.[Pt]=[c]1n(CC2CC2)ccn1CC1CC1. The Labute approximate surface area is 120 Å². The van der Waals surface area contributed by atoms with E-state index in [1.807, 2.05) is 0 Å². The average molecular weight is 428 g/mol. The van der Waals surface area contributed by atoms with Crippen LogP contribution in [0.3, 0.4) is 0 Å². The van der Waals surface area contributed by atoms with Gasteiger partial charge < -0.3 is 5.73 Å². The molecule has 4 rings (SSSR count). The standard InChI is InChI=1S/C11H16N2.C3H7N.Pt/c1-2-10(1)7-12-5-6-13(9-12)8-11-3-4-11;4-3-1-2-3;/h5-6,10-11H,1-4,7-8H2;3H,1-2,4H2;. The summed E-state index contributed by atoms with van der Waals surface area (Å²) in [5, 5.41) is 0. The summed E-state index contributed by atoms with van der Waals surface area (Å²) in [6, 6.07) is 0.583. The molecule has 1 aromatic heterocycles. The fourth-order valence-corrected chi connectivity index (χ4v) is 2.71. The number of imidazole rings is 1. The molecule has 1 aromatic rings. The van der Waals surface area contributed by atoms with Gasteiger partial charge in [-0.05, 0) is 12.8 Å². The van der Waals surface area contributed by atoms with Crippen molar-refractivity contribution < 1.29 is 19.4 Å². The van der Waals surface area contributed by atoms with Gasteiger partial charge in [-0.1, -0.05) is 0 Å². The Kier molecular flexibility index (Phi) is 3.91. The molecule has 1 heterocycles. The molecule has 0 saturated heterocycles. The Hall–Kier alpha value is -0.142. The Bertz CT molecular complexity index is 415. The Morgan fingerprint density at radius 2 is 1.33 bits per heavy atom. The van der Waals surface area contributed by atoms with Gasteiger partial charge in [0.25, 0.3) is 0 Å². The van der Waals surface area contributed by atoms with Gasteiger partial charge in [-0.2, -0.15) is 0 Å². The zero-order chi connectivity index (χ0) is 12.5. The van der Waals surface area contributed by atoms with Crippen molar-refractivity contribution in [3.8, 4) is 0 Å². The molecule has 18 heavy (non-hydrogen) atoms. The van der Waals surface area contributed by atoms with E-state index in [1.54, 1.807) is 0 Å². The van der Waals surface area contributed by atoms with E-state index in [9.17, 15) is 0 Å². The third kappa shape index (κ3) is 3.93. The first-order valence-corrected chi connectivity index (χ1v) is 8.32. The van der Waals surface area contributed by atoms with Crippen molar-refractivity contribution in [1.29, 1.82) is 0 Å². The Morgan fingerprint density at radius 1 is 0.944 bits per heavy atom. The number of nitrogens with zero attached hydrogens (tertiary/aromatic N) is 2. The summed E-state index contributed by atoms with van der Waals surface area (Å²) < 4.78 is 6.26. The molecular weight excluding hydrogens is 405 g/mol. The van der Waals surface area contributed by atoms with Crippen molar-refractivity contribution in [3.63, 3.8) is 0 Å². The van der Waals surface area contributed by atoms with Crippen LogP contribution in [0.1, 0.15) is 38.5 Å². The molecule has 4 heteroatoms. The number of hydrogen-bond acceptors (Lipinski definition) is 1. The topological polar surface area (TPSA) is 35.9 Å². The molecule has 3 fully saturated rings. The van der Waals surface area contributed by atoms with Crippen molar-refractivity contribution in [3.05, 3.63) is 16.2 Å². The Morgan fingerprint density at radius 3 is 1.61 bits per heavy atom. The summed E-state index contributed by atoms with van der Waals surface area (Å²) in [5.74, 6) is 1.95. The monoisotopic (exact) mass is 428 g/mol. The molecule has 0 atom stereocenters. The van der Waals surface area contributed by atoms with E-state index in [4.69, 9.17) is 5.73 Å². The van der Waals surface area contributed by atoms with Crippen LogP contribution in [0, 0.1) is 15.6 Å².